The first-order valence-corrected chi connectivity index (χ1v) is 8.52. The minimum absolute atomic E-state index is 0.0726. The topological polar surface area (TPSA) is 38.3 Å². The molecule has 1 N–H and O–H groups in total. The largest absolute Gasteiger partial charge is 0.491 e. The Hall–Kier alpha value is -2.29. The van der Waals surface area contributed by atoms with Crippen molar-refractivity contribution in [3.63, 3.8) is 0 Å². The van der Waals surface area contributed by atoms with Crippen LogP contribution < -0.4 is 10.1 Å². The smallest absolute Gasteiger partial charge is 0.220 e. The quantitative estimate of drug-likeness (QED) is 0.822. The van der Waals surface area contributed by atoms with E-state index in [1.54, 1.807) is 0 Å². The van der Waals surface area contributed by atoms with Crippen molar-refractivity contribution in [2.24, 2.45) is 0 Å². The molecule has 0 atom stereocenters. The van der Waals surface area contributed by atoms with Crippen LogP contribution in [0.3, 0.4) is 0 Å². The summed E-state index contributed by atoms with van der Waals surface area (Å²) in [5, 5.41) is 2.98. The van der Waals surface area contributed by atoms with Gasteiger partial charge in [0.2, 0.25) is 5.91 Å². The highest BCUT2D eigenvalue weighted by atomic mass is 16.5. The number of carbonyl (C=O) groups is 1. The number of aryl methyl sites for hydroxylation is 3. The highest BCUT2D eigenvalue weighted by Gasteiger charge is 2.05. The van der Waals surface area contributed by atoms with Crippen LogP contribution in [0.15, 0.2) is 42.5 Å². The minimum Gasteiger partial charge on any atom is -0.491 e. The third-order valence-corrected chi connectivity index (χ3v) is 3.97. The van der Waals surface area contributed by atoms with Crippen molar-refractivity contribution >= 4 is 5.91 Å². The van der Waals surface area contributed by atoms with E-state index in [4.69, 9.17) is 4.74 Å². The third kappa shape index (κ3) is 5.73. The molecule has 0 aromatic heterocycles. The normalized spacial score (nSPS) is 10.7. The highest BCUT2D eigenvalue weighted by Crippen LogP contribution is 2.15. The lowest BCUT2D eigenvalue weighted by atomic mass is 10.0. The van der Waals surface area contributed by atoms with Gasteiger partial charge in [0.15, 0.2) is 0 Å². The monoisotopic (exact) mass is 325 g/mol. The first-order valence-electron chi connectivity index (χ1n) is 8.52. The molecule has 2 aromatic carbocycles. The fourth-order valence-corrected chi connectivity index (χ4v) is 2.51. The van der Waals surface area contributed by atoms with E-state index in [-0.39, 0.29) is 12.0 Å². The van der Waals surface area contributed by atoms with E-state index in [2.05, 4.69) is 37.4 Å². The van der Waals surface area contributed by atoms with Crippen LogP contribution in [-0.4, -0.2) is 12.0 Å². The molecule has 0 saturated carbocycles. The standard InChI is InChI=1S/C21H27NO2/c1-15(2)24-20-7-5-6-19(13-20)14-22-21(23)11-10-18-9-8-16(3)17(4)12-18/h5-9,12-13,15H,10-11,14H2,1-4H3,(H,22,23). The van der Waals surface area contributed by atoms with Crippen LogP contribution in [0.5, 0.6) is 5.75 Å². The summed E-state index contributed by atoms with van der Waals surface area (Å²) >= 11 is 0. The van der Waals surface area contributed by atoms with Gasteiger partial charge >= 0.3 is 0 Å². The Morgan fingerprint density at radius 1 is 1.04 bits per heavy atom. The molecule has 24 heavy (non-hydrogen) atoms. The van der Waals surface area contributed by atoms with Crippen molar-refractivity contribution in [2.45, 2.75) is 53.2 Å². The minimum atomic E-state index is 0.0726. The van der Waals surface area contributed by atoms with Crippen LogP contribution in [0.4, 0.5) is 0 Å². The predicted octanol–water partition coefficient (Wildman–Crippen LogP) is 4.34. The van der Waals surface area contributed by atoms with E-state index >= 15 is 0 Å². The van der Waals surface area contributed by atoms with Gasteiger partial charge in [-0.05, 0) is 68.5 Å². The summed E-state index contributed by atoms with van der Waals surface area (Å²) in [7, 11) is 0. The van der Waals surface area contributed by atoms with Gasteiger partial charge in [0.25, 0.3) is 0 Å². The molecule has 0 radical (unpaired) electrons. The van der Waals surface area contributed by atoms with Crippen LogP contribution in [0, 0.1) is 13.8 Å². The van der Waals surface area contributed by atoms with Gasteiger partial charge in [-0.1, -0.05) is 30.3 Å². The van der Waals surface area contributed by atoms with Crippen molar-refractivity contribution in [1.29, 1.82) is 0 Å². The SMILES string of the molecule is Cc1ccc(CCC(=O)NCc2cccc(OC(C)C)c2)cc1C. The van der Waals surface area contributed by atoms with Crippen molar-refractivity contribution in [2.75, 3.05) is 0 Å². The molecule has 3 heteroatoms. The van der Waals surface area contributed by atoms with E-state index in [9.17, 15) is 4.79 Å². The van der Waals surface area contributed by atoms with Crippen molar-refractivity contribution < 1.29 is 9.53 Å². The maximum Gasteiger partial charge on any atom is 0.220 e. The molecular formula is C21H27NO2. The zero-order chi connectivity index (χ0) is 17.5. The van der Waals surface area contributed by atoms with E-state index in [1.165, 1.54) is 16.7 Å². The zero-order valence-corrected chi connectivity index (χ0v) is 15.1. The fraction of sp³-hybridized carbons (Fsp3) is 0.381. The number of rotatable bonds is 7. The third-order valence-electron chi connectivity index (χ3n) is 3.97. The molecule has 0 fully saturated rings. The molecule has 3 nitrogen and oxygen atoms in total. The van der Waals surface area contributed by atoms with Crippen LogP contribution in [0.1, 0.15) is 42.5 Å². The highest BCUT2D eigenvalue weighted by molar-refractivity contribution is 5.76. The molecule has 0 saturated heterocycles. The molecule has 128 valence electrons. The molecule has 0 unspecified atom stereocenters. The first-order chi connectivity index (χ1) is 11.4. The van der Waals surface area contributed by atoms with Crippen LogP contribution in [-0.2, 0) is 17.8 Å². The summed E-state index contributed by atoms with van der Waals surface area (Å²) in [6.07, 6.45) is 1.42. The van der Waals surface area contributed by atoms with Gasteiger partial charge in [-0.25, -0.2) is 0 Å². The van der Waals surface area contributed by atoms with Gasteiger partial charge in [-0.2, -0.15) is 0 Å². The van der Waals surface area contributed by atoms with Gasteiger partial charge in [-0.15, -0.1) is 0 Å². The van der Waals surface area contributed by atoms with E-state index in [1.807, 2.05) is 38.1 Å². The van der Waals surface area contributed by atoms with Gasteiger partial charge < -0.3 is 10.1 Å². The van der Waals surface area contributed by atoms with E-state index < -0.39 is 0 Å². The summed E-state index contributed by atoms with van der Waals surface area (Å²) in [4.78, 5) is 12.1. The van der Waals surface area contributed by atoms with Crippen LogP contribution >= 0.6 is 0 Å². The number of nitrogens with one attached hydrogen (secondary N) is 1. The van der Waals surface area contributed by atoms with Crippen molar-refractivity contribution in [1.82, 2.24) is 5.32 Å². The number of hydrogen-bond acceptors (Lipinski definition) is 2. The lowest BCUT2D eigenvalue weighted by molar-refractivity contribution is -0.121. The Morgan fingerprint density at radius 3 is 2.54 bits per heavy atom. The number of amides is 1. The van der Waals surface area contributed by atoms with Crippen molar-refractivity contribution in [3.05, 3.63) is 64.7 Å². The van der Waals surface area contributed by atoms with Gasteiger partial charge in [-0.3, -0.25) is 4.79 Å². The van der Waals surface area contributed by atoms with E-state index in [0.717, 1.165) is 17.7 Å². The Balaban J connectivity index is 1.81. The molecular weight excluding hydrogens is 298 g/mol. The summed E-state index contributed by atoms with van der Waals surface area (Å²) in [6.45, 7) is 8.73. The maximum absolute atomic E-state index is 12.1. The summed E-state index contributed by atoms with van der Waals surface area (Å²) in [6, 6.07) is 14.2. The Bertz CT molecular complexity index is 692. The Labute approximate surface area is 145 Å². The van der Waals surface area contributed by atoms with Crippen LogP contribution in [0.2, 0.25) is 0 Å². The lowest BCUT2D eigenvalue weighted by Gasteiger charge is -2.11. The average Bonchev–Trinajstić information content (AvgIpc) is 2.54. The second kappa shape index (κ2) is 8.53. The zero-order valence-electron chi connectivity index (χ0n) is 15.1. The Kier molecular flexibility index (Phi) is 6.42. The molecule has 0 heterocycles. The molecule has 0 spiro atoms. The Morgan fingerprint density at radius 2 is 1.83 bits per heavy atom. The van der Waals surface area contributed by atoms with Gasteiger partial charge in [0.05, 0.1) is 6.10 Å². The summed E-state index contributed by atoms with van der Waals surface area (Å²) in [5.74, 6) is 0.912. The lowest BCUT2D eigenvalue weighted by Crippen LogP contribution is -2.23. The first kappa shape index (κ1) is 18.1. The summed E-state index contributed by atoms with van der Waals surface area (Å²) < 4.78 is 5.68. The second-order valence-corrected chi connectivity index (χ2v) is 6.51. The molecule has 2 aromatic rings. The number of hydrogen-bond donors (Lipinski definition) is 1. The van der Waals surface area contributed by atoms with Gasteiger partial charge in [0.1, 0.15) is 5.75 Å². The molecule has 0 aliphatic carbocycles. The molecule has 1 amide bonds. The maximum atomic E-state index is 12.1. The average molecular weight is 325 g/mol. The number of carbonyl (C=O) groups excluding carboxylic acids is 1. The molecule has 0 bridgehead atoms. The van der Waals surface area contributed by atoms with Gasteiger partial charge in [0, 0.05) is 13.0 Å². The predicted molar refractivity (Wildman–Crippen MR) is 98.3 cm³/mol. The second-order valence-electron chi connectivity index (χ2n) is 6.51. The van der Waals surface area contributed by atoms with Crippen LogP contribution in [0.25, 0.3) is 0 Å². The molecule has 0 aliphatic heterocycles. The fourth-order valence-electron chi connectivity index (χ4n) is 2.51. The number of benzene rings is 2. The summed E-state index contributed by atoms with van der Waals surface area (Å²) in [5.41, 5.74) is 4.81. The van der Waals surface area contributed by atoms with Crippen molar-refractivity contribution in [3.8, 4) is 5.75 Å². The number of ether oxygens (including phenoxy) is 1. The molecule has 2 rings (SSSR count). The molecule has 0 aliphatic rings. The van der Waals surface area contributed by atoms with E-state index in [0.29, 0.717) is 13.0 Å².